The molecule has 34 heavy (non-hydrogen) atoms. The zero-order valence-electron chi connectivity index (χ0n) is 19.2. The number of aryl methyl sites for hydroxylation is 1. The Morgan fingerprint density at radius 3 is 2.50 bits per heavy atom. The van der Waals surface area contributed by atoms with Crippen molar-refractivity contribution in [3.8, 4) is 17.2 Å². The molecule has 0 radical (unpaired) electrons. The highest BCUT2D eigenvalue weighted by Crippen LogP contribution is 2.32. The molecule has 0 aliphatic carbocycles. The third kappa shape index (κ3) is 4.79. The van der Waals surface area contributed by atoms with Gasteiger partial charge in [-0.05, 0) is 73.5 Å². The molecule has 1 amide bonds. The van der Waals surface area contributed by atoms with Crippen LogP contribution < -0.4 is 23.8 Å². The van der Waals surface area contributed by atoms with Crippen LogP contribution in [0.2, 0.25) is 0 Å². The van der Waals surface area contributed by atoms with Gasteiger partial charge in [-0.15, -0.1) is 0 Å². The lowest BCUT2D eigenvalue weighted by molar-refractivity contribution is 0.0950. The van der Waals surface area contributed by atoms with Crippen LogP contribution >= 0.6 is 0 Å². The molecule has 3 aromatic carbocycles. The van der Waals surface area contributed by atoms with Crippen LogP contribution in [0.4, 0.5) is 5.69 Å². The average Bonchev–Trinajstić information content (AvgIpc) is 3.31. The van der Waals surface area contributed by atoms with Crippen molar-refractivity contribution in [3.05, 3.63) is 77.4 Å². The van der Waals surface area contributed by atoms with E-state index in [0.717, 1.165) is 5.56 Å². The summed E-state index contributed by atoms with van der Waals surface area (Å²) < 4.78 is 43.8. The van der Waals surface area contributed by atoms with Gasteiger partial charge in [-0.1, -0.05) is 12.1 Å². The van der Waals surface area contributed by atoms with Crippen LogP contribution in [0.15, 0.2) is 65.6 Å². The van der Waals surface area contributed by atoms with Gasteiger partial charge in [-0.3, -0.25) is 9.10 Å². The number of fused-ring (bicyclic) bond motifs is 1. The van der Waals surface area contributed by atoms with Gasteiger partial charge in [0.2, 0.25) is 6.79 Å². The largest absolute Gasteiger partial charge is 0.494 e. The number of carbonyl (C=O) groups is 1. The molecule has 8 nitrogen and oxygen atoms in total. The van der Waals surface area contributed by atoms with E-state index in [1.54, 1.807) is 43.3 Å². The van der Waals surface area contributed by atoms with Crippen molar-refractivity contribution >= 4 is 21.6 Å². The van der Waals surface area contributed by atoms with E-state index >= 15 is 0 Å². The highest BCUT2D eigenvalue weighted by molar-refractivity contribution is 7.92. The van der Waals surface area contributed by atoms with Gasteiger partial charge in [-0.25, -0.2) is 8.42 Å². The van der Waals surface area contributed by atoms with Gasteiger partial charge in [0, 0.05) is 19.2 Å². The lowest BCUT2D eigenvalue weighted by Crippen LogP contribution is -2.28. The van der Waals surface area contributed by atoms with Crippen molar-refractivity contribution in [2.45, 2.75) is 25.3 Å². The van der Waals surface area contributed by atoms with E-state index in [1.165, 1.54) is 23.5 Å². The van der Waals surface area contributed by atoms with E-state index in [0.29, 0.717) is 40.7 Å². The lowest BCUT2D eigenvalue weighted by atomic mass is 10.1. The summed E-state index contributed by atoms with van der Waals surface area (Å²) in [5.74, 6) is 1.60. The Balaban J connectivity index is 1.51. The predicted molar refractivity (Wildman–Crippen MR) is 128 cm³/mol. The van der Waals surface area contributed by atoms with Gasteiger partial charge < -0.3 is 19.5 Å². The Labute approximate surface area is 199 Å². The SMILES string of the molecule is CCOc1ccc(N(C)S(=O)(=O)c2ccc(C)c(C(=O)NCc3ccc4c(c3)OCO4)c2)cc1. The predicted octanol–water partition coefficient (Wildman–Crippen LogP) is 3.88. The minimum Gasteiger partial charge on any atom is -0.494 e. The van der Waals surface area contributed by atoms with Crippen LogP contribution in [0, 0.1) is 6.92 Å². The molecule has 1 aliphatic rings. The zero-order valence-corrected chi connectivity index (χ0v) is 20.0. The first-order valence-corrected chi connectivity index (χ1v) is 12.2. The highest BCUT2D eigenvalue weighted by atomic mass is 32.2. The first kappa shape index (κ1) is 23.4. The van der Waals surface area contributed by atoms with Crippen molar-refractivity contribution in [1.82, 2.24) is 5.32 Å². The van der Waals surface area contributed by atoms with Crippen molar-refractivity contribution < 1.29 is 27.4 Å². The number of anilines is 1. The molecular formula is C25H26N2O6S. The fourth-order valence-corrected chi connectivity index (χ4v) is 4.77. The number of ether oxygens (including phenoxy) is 3. The van der Waals surface area contributed by atoms with Crippen molar-refractivity contribution in [2.24, 2.45) is 0 Å². The van der Waals surface area contributed by atoms with Crippen LogP contribution in [-0.4, -0.2) is 34.8 Å². The fraction of sp³-hybridized carbons (Fsp3) is 0.240. The molecule has 0 fully saturated rings. The normalized spacial score (nSPS) is 12.3. The first-order chi connectivity index (χ1) is 16.3. The maximum Gasteiger partial charge on any atom is 0.264 e. The van der Waals surface area contributed by atoms with Crippen LogP contribution in [0.3, 0.4) is 0 Å². The summed E-state index contributed by atoms with van der Waals surface area (Å²) in [7, 11) is -2.41. The van der Waals surface area contributed by atoms with Gasteiger partial charge in [0.15, 0.2) is 11.5 Å². The van der Waals surface area contributed by atoms with E-state index in [2.05, 4.69) is 5.32 Å². The van der Waals surface area contributed by atoms with Crippen molar-refractivity contribution in [3.63, 3.8) is 0 Å². The first-order valence-electron chi connectivity index (χ1n) is 10.8. The molecule has 0 spiro atoms. The minimum atomic E-state index is -3.88. The van der Waals surface area contributed by atoms with Crippen LogP contribution in [0.5, 0.6) is 17.2 Å². The molecule has 1 aliphatic heterocycles. The fourth-order valence-electron chi connectivity index (χ4n) is 3.55. The van der Waals surface area contributed by atoms with E-state index < -0.39 is 10.0 Å². The number of nitrogens with zero attached hydrogens (tertiary/aromatic N) is 1. The average molecular weight is 483 g/mol. The van der Waals surface area contributed by atoms with E-state index in [4.69, 9.17) is 14.2 Å². The maximum absolute atomic E-state index is 13.3. The number of carbonyl (C=O) groups excluding carboxylic acids is 1. The van der Waals surface area contributed by atoms with Gasteiger partial charge in [0.1, 0.15) is 5.75 Å². The molecule has 0 aromatic heterocycles. The van der Waals surface area contributed by atoms with Gasteiger partial charge in [0.25, 0.3) is 15.9 Å². The Bertz CT molecular complexity index is 1310. The molecule has 0 unspecified atom stereocenters. The third-order valence-corrected chi connectivity index (χ3v) is 7.29. The molecule has 0 saturated heterocycles. The van der Waals surface area contributed by atoms with E-state index in [1.807, 2.05) is 19.1 Å². The summed E-state index contributed by atoms with van der Waals surface area (Å²) in [6, 6.07) is 16.8. The molecule has 9 heteroatoms. The van der Waals surface area contributed by atoms with Gasteiger partial charge in [0.05, 0.1) is 17.2 Å². The number of hydrogen-bond donors (Lipinski definition) is 1. The van der Waals surface area contributed by atoms with Crippen LogP contribution in [-0.2, 0) is 16.6 Å². The van der Waals surface area contributed by atoms with Crippen LogP contribution in [0.1, 0.15) is 28.4 Å². The summed E-state index contributed by atoms with van der Waals surface area (Å²) in [5.41, 5.74) is 2.29. The second-order valence-corrected chi connectivity index (χ2v) is 9.72. The number of amides is 1. The maximum atomic E-state index is 13.3. The molecule has 4 rings (SSSR count). The molecule has 3 aromatic rings. The number of sulfonamides is 1. The van der Waals surface area contributed by atoms with Crippen molar-refractivity contribution in [1.29, 1.82) is 0 Å². The van der Waals surface area contributed by atoms with Crippen molar-refractivity contribution in [2.75, 3.05) is 24.8 Å². The minimum absolute atomic E-state index is 0.0303. The second kappa shape index (κ2) is 9.64. The molecular weight excluding hydrogens is 456 g/mol. The Kier molecular flexibility index (Phi) is 6.65. The summed E-state index contributed by atoms with van der Waals surface area (Å²) in [6.45, 7) is 4.61. The van der Waals surface area contributed by atoms with Gasteiger partial charge in [-0.2, -0.15) is 0 Å². The summed E-state index contributed by atoms with van der Waals surface area (Å²) in [6.07, 6.45) is 0. The summed E-state index contributed by atoms with van der Waals surface area (Å²) in [4.78, 5) is 12.9. The zero-order chi connectivity index (χ0) is 24.3. The molecule has 0 saturated carbocycles. The number of benzene rings is 3. The molecule has 1 N–H and O–H groups in total. The topological polar surface area (TPSA) is 94.2 Å². The highest BCUT2D eigenvalue weighted by Gasteiger charge is 2.23. The summed E-state index contributed by atoms with van der Waals surface area (Å²) in [5, 5.41) is 2.85. The molecule has 178 valence electrons. The van der Waals surface area contributed by atoms with Gasteiger partial charge >= 0.3 is 0 Å². The number of nitrogens with one attached hydrogen (secondary N) is 1. The Hall–Kier alpha value is -3.72. The lowest BCUT2D eigenvalue weighted by Gasteiger charge is -2.20. The number of rotatable bonds is 8. The Morgan fingerprint density at radius 2 is 1.76 bits per heavy atom. The molecule has 0 atom stereocenters. The third-order valence-electron chi connectivity index (χ3n) is 5.51. The Morgan fingerprint density at radius 1 is 1.03 bits per heavy atom. The smallest absolute Gasteiger partial charge is 0.264 e. The van der Waals surface area contributed by atoms with E-state index in [-0.39, 0.29) is 24.1 Å². The van der Waals surface area contributed by atoms with E-state index in [9.17, 15) is 13.2 Å². The van der Waals surface area contributed by atoms with Crippen LogP contribution in [0.25, 0.3) is 0 Å². The molecule has 1 heterocycles. The standard InChI is InChI=1S/C25H26N2O6S/c1-4-31-20-9-7-19(8-10-20)27(3)34(29,30)21-11-5-17(2)22(14-21)25(28)26-15-18-6-12-23-24(13-18)33-16-32-23/h5-14H,4,15-16H2,1-3H3,(H,26,28). The number of hydrogen-bond acceptors (Lipinski definition) is 6. The summed E-state index contributed by atoms with van der Waals surface area (Å²) >= 11 is 0. The molecule has 0 bridgehead atoms. The monoisotopic (exact) mass is 482 g/mol. The quantitative estimate of drug-likeness (QED) is 0.524. The second-order valence-electron chi connectivity index (χ2n) is 7.75.